The van der Waals surface area contributed by atoms with Crippen molar-refractivity contribution >= 4 is 11.6 Å². The first-order chi connectivity index (χ1) is 15.2. The predicted octanol–water partition coefficient (Wildman–Crippen LogP) is 3.93. The van der Waals surface area contributed by atoms with Gasteiger partial charge in [0.2, 0.25) is 5.91 Å². The number of pyridine rings is 1. The normalized spacial score (nSPS) is 14.7. The zero-order valence-electron chi connectivity index (χ0n) is 17.9. The SMILES string of the molecule is Cc1cc(C)n(CC(=O)N2CCN(c3ccccc3-c3ccc(C(F)(F)F)nc3)CC2)n1. The van der Waals surface area contributed by atoms with E-state index in [-0.39, 0.29) is 12.5 Å². The molecule has 6 nitrogen and oxygen atoms in total. The second kappa shape index (κ2) is 8.64. The number of nitrogens with zero attached hydrogens (tertiary/aromatic N) is 5. The Balaban J connectivity index is 1.45. The van der Waals surface area contributed by atoms with Crippen molar-refractivity contribution in [2.24, 2.45) is 0 Å². The summed E-state index contributed by atoms with van der Waals surface area (Å²) in [6.45, 7) is 6.44. The lowest BCUT2D eigenvalue weighted by Gasteiger charge is -2.37. The summed E-state index contributed by atoms with van der Waals surface area (Å²) in [6, 6.07) is 12.0. The van der Waals surface area contributed by atoms with Gasteiger partial charge in [-0.05, 0) is 32.0 Å². The highest BCUT2D eigenvalue weighted by Gasteiger charge is 2.32. The summed E-state index contributed by atoms with van der Waals surface area (Å²) in [7, 11) is 0. The largest absolute Gasteiger partial charge is 0.433 e. The van der Waals surface area contributed by atoms with Crippen molar-refractivity contribution < 1.29 is 18.0 Å². The Morgan fingerprint density at radius 1 is 1.03 bits per heavy atom. The fourth-order valence-electron chi connectivity index (χ4n) is 3.97. The van der Waals surface area contributed by atoms with Crippen LogP contribution in [0.4, 0.5) is 18.9 Å². The lowest BCUT2D eigenvalue weighted by molar-refractivity contribution is -0.141. The summed E-state index contributed by atoms with van der Waals surface area (Å²) in [5.74, 6) is 0.0241. The molecule has 3 heterocycles. The molecule has 1 saturated heterocycles. The number of carbonyl (C=O) groups excluding carboxylic acids is 1. The molecule has 9 heteroatoms. The van der Waals surface area contributed by atoms with Gasteiger partial charge in [-0.25, -0.2) is 0 Å². The Morgan fingerprint density at radius 2 is 1.75 bits per heavy atom. The standard InChI is InChI=1S/C23H24F3N5O/c1-16-13-17(2)31(28-16)15-22(32)30-11-9-29(10-12-30)20-6-4-3-5-19(20)18-7-8-21(27-14-18)23(24,25)26/h3-8,13-14H,9-12,15H2,1-2H3. The highest BCUT2D eigenvalue weighted by molar-refractivity contribution is 5.79. The van der Waals surface area contributed by atoms with Gasteiger partial charge in [0.05, 0.1) is 5.69 Å². The van der Waals surface area contributed by atoms with Crippen molar-refractivity contribution in [1.29, 1.82) is 0 Å². The summed E-state index contributed by atoms with van der Waals surface area (Å²) >= 11 is 0. The van der Waals surface area contributed by atoms with E-state index in [1.54, 1.807) is 4.68 Å². The van der Waals surface area contributed by atoms with Crippen molar-refractivity contribution in [3.05, 3.63) is 65.7 Å². The molecule has 0 unspecified atom stereocenters. The van der Waals surface area contributed by atoms with Gasteiger partial charge >= 0.3 is 6.18 Å². The first kappa shape index (κ1) is 21.9. The molecule has 1 aliphatic rings. The fraction of sp³-hybridized carbons (Fsp3) is 0.348. The minimum Gasteiger partial charge on any atom is -0.367 e. The smallest absolute Gasteiger partial charge is 0.367 e. The number of aryl methyl sites for hydroxylation is 2. The van der Waals surface area contributed by atoms with Gasteiger partial charge in [-0.15, -0.1) is 0 Å². The van der Waals surface area contributed by atoms with Crippen LogP contribution in [-0.4, -0.2) is 51.8 Å². The molecular weight excluding hydrogens is 419 g/mol. The maximum Gasteiger partial charge on any atom is 0.433 e. The van der Waals surface area contributed by atoms with E-state index in [4.69, 9.17) is 0 Å². The number of amides is 1. The van der Waals surface area contributed by atoms with Crippen LogP contribution in [0.2, 0.25) is 0 Å². The Kier molecular flexibility index (Phi) is 5.90. The van der Waals surface area contributed by atoms with Crippen LogP contribution >= 0.6 is 0 Å². The third kappa shape index (κ3) is 4.61. The molecular formula is C23H24F3N5O. The summed E-state index contributed by atoms with van der Waals surface area (Å²) < 4.78 is 40.3. The van der Waals surface area contributed by atoms with Gasteiger partial charge in [0.15, 0.2) is 0 Å². The maximum atomic E-state index is 12.8. The van der Waals surface area contributed by atoms with Crippen molar-refractivity contribution in [3.63, 3.8) is 0 Å². The van der Waals surface area contributed by atoms with E-state index in [1.165, 1.54) is 12.3 Å². The molecule has 1 aliphatic heterocycles. The average Bonchev–Trinajstić information content (AvgIpc) is 3.09. The van der Waals surface area contributed by atoms with E-state index in [0.717, 1.165) is 28.7 Å². The number of anilines is 1. The summed E-state index contributed by atoms with van der Waals surface area (Å²) in [4.78, 5) is 20.3. The van der Waals surface area contributed by atoms with E-state index in [1.807, 2.05) is 49.1 Å². The molecule has 168 valence electrons. The molecule has 0 N–H and O–H groups in total. The number of hydrogen-bond donors (Lipinski definition) is 0. The Morgan fingerprint density at radius 3 is 2.34 bits per heavy atom. The van der Waals surface area contributed by atoms with E-state index in [9.17, 15) is 18.0 Å². The second-order valence-electron chi connectivity index (χ2n) is 7.90. The van der Waals surface area contributed by atoms with E-state index < -0.39 is 11.9 Å². The Bertz CT molecular complexity index is 1100. The van der Waals surface area contributed by atoms with Crippen LogP contribution in [0.3, 0.4) is 0 Å². The van der Waals surface area contributed by atoms with E-state index in [0.29, 0.717) is 31.7 Å². The highest BCUT2D eigenvalue weighted by atomic mass is 19.4. The molecule has 1 aromatic carbocycles. The molecule has 0 spiro atoms. The number of aromatic nitrogens is 3. The maximum absolute atomic E-state index is 12.8. The van der Waals surface area contributed by atoms with Crippen molar-refractivity contribution in [3.8, 4) is 11.1 Å². The molecule has 0 saturated carbocycles. The summed E-state index contributed by atoms with van der Waals surface area (Å²) in [6.07, 6.45) is -3.20. The molecule has 0 atom stereocenters. The molecule has 1 amide bonds. The van der Waals surface area contributed by atoms with Crippen LogP contribution in [0, 0.1) is 13.8 Å². The molecule has 32 heavy (non-hydrogen) atoms. The lowest BCUT2D eigenvalue weighted by atomic mass is 10.0. The first-order valence-electron chi connectivity index (χ1n) is 10.4. The van der Waals surface area contributed by atoms with Crippen LogP contribution in [0.5, 0.6) is 0 Å². The topological polar surface area (TPSA) is 54.3 Å². The fourth-order valence-corrected chi connectivity index (χ4v) is 3.97. The molecule has 4 rings (SSSR count). The quantitative estimate of drug-likeness (QED) is 0.613. The van der Waals surface area contributed by atoms with Crippen LogP contribution in [0.1, 0.15) is 17.1 Å². The number of benzene rings is 1. The van der Waals surface area contributed by atoms with Crippen LogP contribution in [0.15, 0.2) is 48.7 Å². The first-order valence-corrected chi connectivity index (χ1v) is 10.4. The molecule has 2 aromatic heterocycles. The van der Waals surface area contributed by atoms with Crippen LogP contribution < -0.4 is 4.90 Å². The molecule has 1 fully saturated rings. The van der Waals surface area contributed by atoms with Gasteiger partial charge in [0, 0.05) is 54.9 Å². The average molecular weight is 443 g/mol. The van der Waals surface area contributed by atoms with Gasteiger partial charge in [0.25, 0.3) is 0 Å². The van der Waals surface area contributed by atoms with Crippen molar-refractivity contribution in [2.75, 3.05) is 31.1 Å². The van der Waals surface area contributed by atoms with Crippen molar-refractivity contribution in [1.82, 2.24) is 19.7 Å². The number of carbonyl (C=O) groups is 1. The Labute approximate surface area is 184 Å². The number of alkyl halides is 3. The lowest BCUT2D eigenvalue weighted by Crippen LogP contribution is -2.49. The summed E-state index contributed by atoms with van der Waals surface area (Å²) in [5, 5.41) is 4.36. The number of para-hydroxylation sites is 1. The third-order valence-corrected chi connectivity index (χ3v) is 5.63. The minimum absolute atomic E-state index is 0.0241. The Hall–Kier alpha value is -3.36. The monoisotopic (exact) mass is 443 g/mol. The zero-order valence-corrected chi connectivity index (χ0v) is 17.9. The van der Waals surface area contributed by atoms with Gasteiger partial charge < -0.3 is 9.80 Å². The number of halogens is 3. The highest BCUT2D eigenvalue weighted by Crippen LogP contribution is 2.33. The molecule has 0 aliphatic carbocycles. The zero-order chi connectivity index (χ0) is 22.9. The number of hydrogen-bond acceptors (Lipinski definition) is 4. The van der Waals surface area contributed by atoms with Crippen LogP contribution in [0.25, 0.3) is 11.1 Å². The van der Waals surface area contributed by atoms with Gasteiger partial charge in [-0.2, -0.15) is 18.3 Å². The minimum atomic E-state index is -4.46. The van der Waals surface area contributed by atoms with E-state index in [2.05, 4.69) is 15.0 Å². The molecule has 0 radical (unpaired) electrons. The van der Waals surface area contributed by atoms with Gasteiger partial charge in [-0.3, -0.25) is 14.5 Å². The van der Waals surface area contributed by atoms with Crippen LogP contribution in [-0.2, 0) is 17.5 Å². The predicted molar refractivity (Wildman–Crippen MR) is 115 cm³/mol. The van der Waals surface area contributed by atoms with Gasteiger partial charge in [-0.1, -0.05) is 24.3 Å². The van der Waals surface area contributed by atoms with Gasteiger partial charge in [0.1, 0.15) is 12.2 Å². The molecule has 3 aromatic rings. The van der Waals surface area contributed by atoms with E-state index >= 15 is 0 Å². The molecule has 0 bridgehead atoms. The summed E-state index contributed by atoms with van der Waals surface area (Å²) in [5.41, 5.74) is 3.28. The van der Waals surface area contributed by atoms with Crippen molar-refractivity contribution in [2.45, 2.75) is 26.6 Å². The second-order valence-corrected chi connectivity index (χ2v) is 7.90. The third-order valence-electron chi connectivity index (χ3n) is 5.63. The number of piperazine rings is 1. The number of rotatable bonds is 4.